The number of nitrogens with one attached hydrogen (secondary N) is 1. The fraction of sp³-hybridized carbons (Fsp3) is 0.286. The molecular formula is C14H17N3O2. The molecule has 1 amide bonds. The van der Waals surface area contributed by atoms with E-state index in [1.807, 2.05) is 24.4 Å². The van der Waals surface area contributed by atoms with E-state index < -0.39 is 5.60 Å². The van der Waals surface area contributed by atoms with Gasteiger partial charge in [-0.3, -0.25) is 4.79 Å². The monoisotopic (exact) mass is 259 g/mol. The minimum atomic E-state index is -0.912. The quantitative estimate of drug-likeness (QED) is 0.871. The third kappa shape index (κ3) is 3.66. The maximum absolute atomic E-state index is 11.8. The fourth-order valence-electron chi connectivity index (χ4n) is 1.59. The standard InChI is InChI=1S/C14H17N3O2/c1-14(2,19)10-15-13(18)11-4-6-12(7-5-11)17-9-3-8-16-17/h3-9,19H,10H2,1-2H3,(H,15,18). The number of nitrogens with zero attached hydrogens (tertiary/aromatic N) is 2. The molecule has 0 bridgehead atoms. The fourth-order valence-corrected chi connectivity index (χ4v) is 1.59. The number of aliphatic hydroxyl groups is 1. The molecule has 1 heterocycles. The van der Waals surface area contributed by atoms with Gasteiger partial charge in [0.25, 0.3) is 5.91 Å². The van der Waals surface area contributed by atoms with E-state index in [-0.39, 0.29) is 12.5 Å². The Bertz CT molecular complexity index is 539. The second-order valence-corrected chi connectivity index (χ2v) is 4.99. The van der Waals surface area contributed by atoms with Gasteiger partial charge < -0.3 is 10.4 Å². The first kappa shape index (κ1) is 13.3. The lowest BCUT2D eigenvalue weighted by Crippen LogP contribution is -2.38. The average molecular weight is 259 g/mol. The van der Waals surface area contributed by atoms with Gasteiger partial charge in [0.2, 0.25) is 0 Å². The van der Waals surface area contributed by atoms with Crippen LogP contribution in [0.15, 0.2) is 42.7 Å². The summed E-state index contributed by atoms with van der Waals surface area (Å²) in [5.41, 5.74) is 0.536. The molecule has 0 aliphatic rings. The Morgan fingerprint density at radius 2 is 2.05 bits per heavy atom. The first-order valence-electron chi connectivity index (χ1n) is 6.06. The number of carbonyl (C=O) groups excluding carboxylic acids is 1. The molecule has 1 aromatic carbocycles. The second-order valence-electron chi connectivity index (χ2n) is 4.99. The average Bonchev–Trinajstić information content (AvgIpc) is 2.89. The highest BCUT2D eigenvalue weighted by Gasteiger charge is 2.14. The number of benzene rings is 1. The van der Waals surface area contributed by atoms with Crippen LogP contribution in [0.2, 0.25) is 0 Å². The Hall–Kier alpha value is -2.14. The van der Waals surface area contributed by atoms with Crippen molar-refractivity contribution >= 4 is 5.91 Å². The van der Waals surface area contributed by atoms with Gasteiger partial charge in [0.1, 0.15) is 0 Å². The Labute approximate surface area is 111 Å². The van der Waals surface area contributed by atoms with Crippen molar-refractivity contribution in [3.05, 3.63) is 48.3 Å². The van der Waals surface area contributed by atoms with E-state index in [2.05, 4.69) is 10.4 Å². The minimum absolute atomic E-state index is 0.200. The topological polar surface area (TPSA) is 67.2 Å². The normalized spacial score (nSPS) is 11.3. The van der Waals surface area contributed by atoms with Crippen LogP contribution in [-0.4, -0.2) is 32.9 Å². The van der Waals surface area contributed by atoms with Crippen molar-refractivity contribution in [3.8, 4) is 5.69 Å². The van der Waals surface area contributed by atoms with Gasteiger partial charge in [0.15, 0.2) is 0 Å². The van der Waals surface area contributed by atoms with Crippen molar-refractivity contribution in [2.45, 2.75) is 19.4 Å². The van der Waals surface area contributed by atoms with Gasteiger partial charge in [-0.1, -0.05) is 0 Å². The van der Waals surface area contributed by atoms with E-state index in [4.69, 9.17) is 0 Å². The van der Waals surface area contributed by atoms with Gasteiger partial charge in [-0.05, 0) is 44.2 Å². The summed E-state index contributed by atoms with van der Waals surface area (Å²) in [6.07, 6.45) is 3.54. The van der Waals surface area contributed by atoms with Gasteiger partial charge in [-0.25, -0.2) is 4.68 Å². The van der Waals surface area contributed by atoms with Gasteiger partial charge >= 0.3 is 0 Å². The second kappa shape index (κ2) is 5.24. The zero-order valence-corrected chi connectivity index (χ0v) is 11.0. The number of carbonyl (C=O) groups is 1. The molecule has 2 aromatic rings. The molecule has 0 saturated heterocycles. The summed E-state index contributed by atoms with van der Waals surface area (Å²) in [6, 6.07) is 8.95. The van der Waals surface area contributed by atoms with E-state index in [0.29, 0.717) is 5.56 Å². The summed E-state index contributed by atoms with van der Waals surface area (Å²) in [5.74, 6) is -0.200. The van der Waals surface area contributed by atoms with Crippen molar-refractivity contribution in [2.75, 3.05) is 6.54 Å². The van der Waals surface area contributed by atoms with E-state index in [0.717, 1.165) is 5.69 Å². The van der Waals surface area contributed by atoms with Gasteiger partial charge in [-0.15, -0.1) is 0 Å². The molecular weight excluding hydrogens is 242 g/mol. The third-order valence-corrected chi connectivity index (χ3v) is 2.58. The van der Waals surface area contributed by atoms with Crippen LogP contribution < -0.4 is 5.32 Å². The Morgan fingerprint density at radius 3 is 2.58 bits per heavy atom. The maximum atomic E-state index is 11.8. The Morgan fingerprint density at radius 1 is 1.37 bits per heavy atom. The van der Waals surface area contributed by atoms with Crippen LogP contribution in [0.4, 0.5) is 0 Å². The highest BCUT2D eigenvalue weighted by atomic mass is 16.3. The molecule has 0 radical (unpaired) electrons. The molecule has 1 aromatic heterocycles. The van der Waals surface area contributed by atoms with Gasteiger partial charge in [-0.2, -0.15) is 5.10 Å². The van der Waals surface area contributed by atoms with E-state index >= 15 is 0 Å². The molecule has 100 valence electrons. The molecule has 0 aliphatic carbocycles. The molecule has 0 atom stereocenters. The zero-order valence-electron chi connectivity index (χ0n) is 11.0. The van der Waals surface area contributed by atoms with Crippen molar-refractivity contribution in [2.24, 2.45) is 0 Å². The largest absolute Gasteiger partial charge is 0.389 e. The smallest absolute Gasteiger partial charge is 0.251 e. The van der Waals surface area contributed by atoms with Crippen LogP contribution in [0, 0.1) is 0 Å². The molecule has 0 spiro atoms. The summed E-state index contributed by atoms with van der Waals surface area (Å²) >= 11 is 0. The molecule has 0 fully saturated rings. The molecule has 2 rings (SSSR count). The summed E-state index contributed by atoms with van der Waals surface area (Å²) < 4.78 is 1.72. The predicted molar refractivity (Wildman–Crippen MR) is 72.2 cm³/mol. The number of rotatable bonds is 4. The van der Waals surface area contributed by atoms with Crippen LogP contribution in [0.5, 0.6) is 0 Å². The van der Waals surface area contributed by atoms with Crippen molar-refractivity contribution in [1.29, 1.82) is 0 Å². The zero-order chi connectivity index (χ0) is 13.9. The number of hydrogen-bond donors (Lipinski definition) is 2. The Balaban J connectivity index is 2.04. The highest BCUT2D eigenvalue weighted by Crippen LogP contribution is 2.09. The van der Waals surface area contributed by atoms with Crippen molar-refractivity contribution < 1.29 is 9.90 Å². The van der Waals surface area contributed by atoms with E-state index in [1.165, 1.54) is 0 Å². The van der Waals surface area contributed by atoms with E-state index in [9.17, 15) is 9.90 Å². The third-order valence-electron chi connectivity index (χ3n) is 2.58. The van der Waals surface area contributed by atoms with Gasteiger partial charge in [0, 0.05) is 24.5 Å². The number of hydrogen-bond acceptors (Lipinski definition) is 3. The molecule has 0 saturated carbocycles. The SMILES string of the molecule is CC(C)(O)CNC(=O)c1ccc(-n2cccn2)cc1. The maximum Gasteiger partial charge on any atom is 0.251 e. The first-order valence-corrected chi connectivity index (χ1v) is 6.06. The summed E-state index contributed by atoms with van der Waals surface area (Å²) in [7, 11) is 0. The summed E-state index contributed by atoms with van der Waals surface area (Å²) in [5, 5.41) is 16.4. The van der Waals surface area contributed by atoms with Crippen molar-refractivity contribution in [1.82, 2.24) is 15.1 Å². The lowest BCUT2D eigenvalue weighted by molar-refractivity contribution is 0.0694. The molecule has 19 heavy (non-hydrogen) atoms. The molecule has 5 nitrogen and oxygen atoms in total. The molecule has 2 N–H and O–H groups in total. The molecule has 0 unspecified atom stereocenters. The summed E-state index contributed by atoms with van der Waals surface area (Å²) in [6.45, 7) is 3.51. The highest BCUT2D eigenvalue weighted by molar-refractivity contribution is 5.94. The van der Waals surface area contributed by atoms with Crippen molar-refractivity contribution in [3.63, 3.8) is 0 Å². The lowest BCUT2D eigenvalue weighted by Gasteiger charge is -2.17. The van der Waals surface area contributed by atoms with Crippen LogP contribution in [0.3, 0.4) is 0 Å². The lowest BCUT2D eigenvalue weighted by atomic mass is 10.1. The number of amides is 1. The van der Waals surface area contributed by atoms with Crippen LogP contribution in [0.25, 0.3) is 5.69 Å². The van der Waals surface area contributed by atoms with Crippen LogP contribution in [0.1, 0.15) is 24.2 Å². The predicted octanol–water partition coefficient (Wildman–Crippen LogP) is 1.37. The summed E-state index contributed by atoms with van der Waals surface area (Å²) in [4.78, 5) is 11.8. The van der Waals surface area contributed by atoms with Crippen LogP contribution >= 0.6 is 0 Å². The number of aromatic nitrogens is 2. The van der Waals surface area contributed by atoms with Crippen LogP contribution in [-0.2, 0) is 0 Å². The Kier molecular flexibility index (Phi) is 3.66. The van der Waals surface area contributed by atoms with Gasteiger partial charge in [0.05, 0.1) is 11.3 Å². The first-order chi connectivity index (χ1) is 8.96. The molecule has 0 aliphatic heterocycles. The van der Waals surface area contributed by atoms with E-state index in [1.54, 1.807) is 36.9 Å². The molecule has 5 heteroatoms. The minimum Gasteiger partial charge on any atom is -0.389 e.